The summed E-state index contributed by atoms with van der Waals surface area (Å²) < 4.78 is 0. The molecule has 0 saturated heterocycles. The Morgan fingerprint density at radius 3 is 1.98 bits per heavy atom. The fraction of sp³-hybridized carbons (Fsp3) is 0.212. The normalized spacial score (nSPS) is 12.1. The Labute approximate surface area is 236 Å². The van der Waals surface area contributed by atoms with Crippen LogP contribution < -0.4 is 21.4 Å². The molecule has 0 saturated carbocycles. The number of hydrogen-bond acceptors (Lipinski definition) is 2. The van der Waals surface area contributed by atoms with E-state index in [-0.39, 0.29) is 12.8 Å². The zero-order chi connectivity index (χ0) is 29.4. The molecule has 1 aliphatic rings. The van der Waals surface area contributed by atoms with Gasteiger partial charge in [-0.15, -0.1) is 0 Å². The number of fused-ring (bicyclic) bond motifs is 8. The highest BCUT2D eigenvalue weighted by Crippen LogP contribution is 2.22. The van der Waals surface area contributed by atoms with Crippen LogP contribution in [-0.2, 0) is 22.4 Å². The number of carboxylic acids is 2. The largest absolute Gasteiger partial charge is 0.481 e. The third-order valence-corrected chi connectivity index (χ3v) is 7.91. The lowest BCUT2D eigenvalue weighted by Crippen LogP contribution is -2.14. The highest BCUT2D eigenvalue weighted by molar-refractivity contribution is 5.72. The monoisotopic (exact) mass is 550 g/mol. The van der Waals surface area contributed by atoms with Crippen molar-refractivity contribution in [3.63, 3.8) is 0 Å². The van der Waals surface area contributed by atoms with Crippen LogP contribution in [0.5, 0.6) is 0 Å². The maximum atomic E-state index is 11.5. The van der Waals surface area contributed by atoms with E-state index in [2.05, 4.69) is 46.1 Å². The predicted molar refractivity (Wildman–Crippen MR) is 162 cm³/mol. The molecule has 8 bridgehead atoms. The molecule has 0 amide bonds. The van der Waals surface area contributed by atoms with E-state index in [1.807, 2.05) is 50.3 Å². The number of H-pyrrole nitrogens is 4. The van der Waals surface area contributed by atoms with Crippen molar-refractivity contribution < 1.29 is 19.8 Å². The first-order valence-electron chi connectivity index (χ1n) is 13.6. The maximum Gasteiger partial charge on any atom is 0.303 e. The maximum absolute atomic E-state index is 11.5. The topological polar surface area (TPSA) is 138 Å². The third kappa shape index (κ3) is 5.28. The predicted octanol–water partition coefficient (Wildman–Crippen LogP) is 2.87. The molecule has 0 spiro atoms. The van der Waals surface area contributed by atoms with Gasteiger partial charge in [0.25, 0.3) is 0 Å². The molecular formula is C33H34N4O4. The van der Waals surface area contributed by atoms with E-state index in [0.29, 0.717) is 12.8 Å². The smallest absolute Gasteiger partial charge is 0.303 e. The second kappa shape index (κ2) is 10.9. The molecule has 4 aromatic rings. The van der Waals surface area contributed by atoms with Crippen molar-refractivity contribution in [3.8, 4) is 0 Å². The molecule has 210 valence electrons. The van der Waals surface area contributed by atoms with Crippen molar-refractivity contribution in [2.24, 2.45) is 0 Å². The number of aromatic nitrogens is 4. The van der Waals surface area contributed by atoms with Gasteiger partial charge in [0, 0.05) is 68.1 Å². The van der Waals surface area contributed by atoms with Crippen molar-refractivity contribution in [1.29, 1.82) is 0 Å². The molecule has 6 N–H and O–H groups in total. The van der Waals surface area contributed by atoms with Gasteiger partial charge in [0.1, 0.15) is 0 Å². The Bertz CT molecular complexity index is 1970. The SMILES string of the molecule is C=Cc1c2[nH]c(c1C)C=c1[nH]c(c(C)c1C=C)=Cc1cc(CCC(=O)O)c([nH]1)C=c1[nH]c(c(C)c1CCC(=O)O)=C2. The third-order valence-electron chi connectivity index (χ3n) is 7.91. The molecule has 0 unspecified atom stereocenters. The molecule has 41 heavy (non-hydrogen) atoms. The molecule has 1 aliphatic heterocycles. The number of aliphatic carboxylic acids is 2. The standard InChI is InChI=1S/C33H34N4O4/c1-6-22-17(3)25-13-21-12-20(8-10-32(38)39)28(34-21)16-31-24(9-11-33(40)41)19(5)27(37-31)15-30-23(7-2)18(4)26(36-30)14-29(22)35-25/h6-7,12-16,34-37H,1-2,8-11H2,3-5H3,(H,38,39)(H,40,41). The minimum absolute atomic E-state index is 0.00687. The highest BCUT2D eigenvalue weighted by Gasteiger charge is 2.15. The lowest BCUT2D eigenvalue weighted by molar-refractivity contribution is -0.138. The molecule has 0 radical (unpaired) electrons. The number of aryl methyl sites for hydroxylation is 1. The second-order valence-corrected chi connectivity index (χ2v) is 10.5. The van der Waals surface area contributed by atoms with Gasteiger partial charge < -0.3 is 30.1 Å². The summed E-state index contributed by atoms with van der Waals surface area (Å²) >= 11 is 0. The first-order chi connectivity index (χ1) is 19.6. The van der Waals surface area contributed by atoms with E-state index in [1.165, 1.54) is 0 Å². The van der Waals surface area contributed by atoms with Gasteiger partial charge in [-0.25, -0.2) is 0 Å². The van der Waals surface area contributed by atoms with Gasteiger partial charge in [0.05, 0.1) is 0 Å². The van der Waals surface area contributed by atoms with Crippen LogP contribution in [0.3, 0.4) is 0 Å². The van der Waals surface area contributed by atoms with Crippen LogP contribution in [0, 0.1) is 20.8 Å². The highest BCUT2D eigenvalue weighted by atomic mass is 16.4. The fourth-order valence-corrected chi connectivity index (χ4v) is 5.63. The summed E-state index contributed by atoms with van der Waals surface area (Å²) in [7, 11) is 0. The first-order valence-corrected chi connectivity index (χ1v) is 13.6. The van der Waals surface area contributed by atoms with Gasteiger partial charge in [0.15, 0.2) is 0 Å². The summed E-state index contributed by atoms with van der Waals surface area (Å²) in [6.45, 7) is 14.2. The van der Waals surface area contributed by atoms with Gasteiger partial charge in [-0.3, -0.25) is 9.59 Å². The minimum atomic E-state index is -0.870. The van der Waals surface area contributed by atoms with E-state index in [9.17, 15) is 19.8 Å². The molecule has 8 nitrogen and oxygen atoms in total. The summed E-state index contributed by atoms with van der Waals surface area (Å²) in [4.78, 5) is 37.0. The van der Waals surface area contributed by atoms with Crippen molar-refractivity contribution in [1.82, 2.24) is 19.9 Å². The Kier molecular flexibility index (Phi) is 7.32. The number of carbonyl (C=O) groups is 2. The summed E-state index contributed by atoms with van der Waals surface area (Å²) in [5.41, 5.74) is 10.2. The molecule has 8 heteroatoms. The van der Waals surface area contributed by atoms with Gasteiger partial charge in [0.2, 0.25) is 0 Å². The first kappa shape index (κ1) is 27.6. The quantitative estimate of drug-likeness (QED) is 0.177. The van der Waals surface area contributed by atoms with Crippen LogP contribution in [0.1, 0.15) is 74.6 Å². The van der Waals surface area contributed by atoms with E-state index in [4.69, 9.17) is 0 Å². The molecule has 0 aliphatic carbocycles. The molecule has 4 aromatic heterocycles. The van der Waals surface area contributed by atoms with Gasteiger partial charge in [-0.05, 0) is 91.8 Å². The van der Waals surface area contributed by atoms with Crippen molar-refractivity contribution in [3.05, 3.63) is 102 Å². The van der Waals surface area contributed by atoms with Crippen LogP contribution >= 0.6 is 0 Å². The van der Waals surface area contributed by atoms with Crippen LogP contribution in [-0.4, -0.2) is 42.1 Å². The summed E-state index contributed by atoms with van der Waals surface area (Å²) in [5.74, 6) is -1.74. The summed E-state index contributed by atoms with van der Waals surface area (Å²) in [5, 5.41) is 22.3. The van der Waals surface area contributed by atoms with Crippen LogP contribution in [0.4, 0.5) is 0 Å². The lowest BCUT2D eigenvalue weighted by atomic mass is 10.0. The van der Waals surface area contributed by atoms with E-state index in [0.717, 1.165) is 83.1 Å². The zero-order valence-corrected chi connectivity index (χ0v) is 23.5. The Hall–Kier alpha value is -4.98. The molecule has 5 rings (SSSR count). The minimum Gasteiger partial charge on any atom is -0.481 e. The number of nitrogens with one attached hydrogen (secondary N) is 4. The van der Waals surface area contributed by atoms with Crippen molar-refractivity contribution in [2.45, 2.75) is 46.5 Å². The number of aromatic amines is 4. The molecular weight excluding hydrogens is 516 g/mol. The van der Waals surface area contributed by atoms with Crippen molar-refractivity contribution >= 4 is 48.4 Å². The van der Waals surface area contributed by atoms with Crippen LogP contribution in [0.2, 0.25) is 0 Å². The number of carboxylic acid groups (broad SMARTS) is 2. The van der Waals surface area contributed by atoms with Gasteiger partial charge >= 0.3 is 11.9 Å². The van der Waals surface area contributed by atoms with Crippen molar-refractivity contribution in [2.75, 3.05) is 0 Å². The molecule has 0 aromatic carbocycles. The fourth-order valence-electron chi connectivity index (χ4n) is 5.63. The second-order valence-electron chi connectivity index (χ2n) is 10.5. The lowest BCUT2D eigenvalue weighted by Gasteiger charge is -2.00. The van der Waals surface area contributed by atoms with E-state index >= 15 is 0 Å². The Morgan fingerprint density at radius 2 is 1.29 bits per heavy atom. The Morgan fingerprint density at radius 1 is 0.683 bits per heavy atom. The van der Waals surface area contributed by atoms with Crippen LogP contribution in [0.25, 0.3) is 36.5 Å². The molecule has 0 atom stereocenters. The number of rotatable bonds is 8. The Balaban J connectivity index is 1.89. The number of hydrogen-bond donors (Lipinski definition) is 6. The van der Waals surface area contributed by atoms with E-state index < -0.39 is 11.9 Å². The van der Waals surface area contributed by atoms with Gasteiger partial charge in [-0.2, -0.15) is 0 Å². The average molecular weight is 551 g/mol. The van der Waals surface area contributed by atoms with Crippen LogP contribution in [0.15, 0.2) is 19.2 Å². The summed E-state index contributed by atoms with van der Waals surface area (Å²) in [6, 6.07) is 1.97. The average Bonchev–Trinajstić information content (AvgIpc) is 3.61. The molecule has 0 fully saturated rings. The zero-order valence-electron chi connectivity index (χ0n) is 23.5. The molecule has 5 heterocycles. The summed E-state index contributed by atoms with van der Waals surface area (Å²) in [6.07, 6.45) is 12.4. The van der Waals surface area contributed by atoms with E-state index in [1.54, 1.807) is 0 Å². The van der Waals surface area contributed by atoms with Gasteiger partial charge in [-0.1, -0.05) is 25.3 Å².